The second-order valence-electron chi connectivity index (χ2n) is 4.15. The molecule has 1 aliphatic rings. The Kier molecular flexibility index (Phi) is 3.84. The largest absolute Gasteiger partial charge is 0.480 e. The zero-order valence-corrected chi connectivity index (χ0v) is 10.4. The number of rotatable bonds is 4. The number of halogens is 1. The lowest BCUT2D eigenvalue weighted by molar-refractivity contribution is -0.137. The lowest BCUT2D eigenvalue weighted by atomic mass is 10.0. The van der Waals surface area contributed by atoms with Gasteiger partial charge in [-0.05, 0) is 24.3 Å². The molecule has 2 N–H and O–H groups in total. The molecule has 18 heavy (non-hydrogen) atoms. The van der Waals surface area contributed by atoms with Crippen molar-refractivity contribution >= 4 is 29.2 Å². The number of carbonyl (C=O) groups is 2. The first-order chi connectivity index (χ1) is 8.58. The predicted octanol–water partition coefficient (Wildman–Crippen LogP) is 0.977. The van der Waals surface area contributed by atoms with Gasteiger partial charge in [-0.2, -0.15) is 0 Å². The van der Waals surface area contributed by atoms with E-state index in [0.29, 0.717) is 23.8 Å². The quantitative estimate of drug-likeness (QED) is 0.854. The van der Waals surface area contributed by atoms with Crippen LogP contribution in [0.4, 0.5) is 5.69 Å². The van der Waals surface area contributed by atoms with Crippen molar-refractivity contribution in [3.05, 3.63) is 29.3 Å². The maximum Gasteiger partial charge on any atom is 0.323 e. The molecule has 0 radical (unpaired) electrons. The number of benzene rings is 1. The van der Waals surface area contributed by atoms with Gasteiger partial charge in [0.2, 0.25) is 5.91 Å². The van der Waals surface area contributed by atoms with Crippen LogP contribution in [0.15, 0.2) is 24.3 Å². The first-order valence-corrected chi connectivity index (χ1v) is 5.95. The molecule has 2 rings (SSSR count). The zero-order chi connectivity index (χ0) is 13.1. The van der Waals surface area contributed by atoms with Gasteiger partial charge in [0.1, 0.15) is 6.54 Å². The highest BCUT2D eigenvalue weighted by Crippen LogP contribution is 2.20. The van der Waals surface area contributed by atoms with Gasteiger partial charge in [0.15, 0.2) is 0 Å². The van der Waals surface area contributed by atoms with Gasteiger partial charge in [0, 0.05) is 23.8 Å². The summed E-state index contributed by atoms with van der Waals surface area (Å²) < 4.78 is 0. The van der Waals surface area contributed by atoms with Crippen molar-refractivity contribution < 1.29 is 14.7 Å². The number of aliphatic carboxylic acids is 1. The van der Waals surface area contributed by atoms with Crippen LogP contribution in [-0.4, -0.2) is 36.6 Å². The molecular weight excluding hydrogens is 256 g/mol. The average Bonchev–Trinajstić information content (AvgIpc) is 2.24. The number of nitrogens with zero attached hydrogens (tertiary/aromatic N) is 1. The van der Waals surface area contributed by atoms with E-state index in [1.807, 2.05) is 0 Å². The summed E-state index contributed by atoms with van der Waals surface area (Å²) in [5.74, 6) is -1.34. The van der Waals surface area contributed by atoms with E-state index in [1.54, 1.807) is 24.3 Å². The zero-order valence-electron chi connectivity index (χ0n) is 9.60. The van der Waals surface area contributed by atoms with Crippen molar-refractivity contribution in [2.24, 2.45) is 5.92 Å². The number of carboxylic acid groups (broad SMARTS) is 1. The Labute approximate surface area is 109 Å². The molecule has 1 amide bonds. The summed E-state index contributed by atoms with van der Waals surface area (Å²) in [6.07, 6.45) is 0. The van der Waals surface area contributed by atoms with Crippen LogP contribution >= 0.6 is 11.6 Å². The van der Waals surface area contributed by atoms with Gasteiger partial charge >= 0.3 is 5.97 Å². The number of carbonyl (C=O) groups excluding carboxylic acids is 1. The third-order valence-corrected chi connectivity index (χ3v) is 3.08. The fourth-order valence-corrected chi connectivity index (χ4v) is 1.86. The van der Waals surface area contributed by atoms with Crippen LogP contribution in [0, 0.1) is 5.92 Å². The van der Waals surface area contributed by atoms with E-state index in [1.165, 1.54) is 4.90 Å². The third kappa shape index (κ3) is 2.80. The number of amides is 1. The minimum atomic E-state index is -1.04. The van der Waals surface area contributed by atoms with Gasteiger partial charge in [-0.15, -0.1) is 0 Å². The molecule has 6 heteroatoms. The maximum absolute atomic E-state index is 12.1. The molecule has 0 unspecified atom stereocenters. The SMILES string of the molecule is O=C(O)CN(C(=O)C1CNC1)c1ccc(Cl)cc1. The Morgan fingerprint density at radius 1 is 1.33 bits per heavy atom. The summed E-state index contributed by atoms with van der Waals surface area (Å²) in [6.45, 7) is 0.863. The lowest BCUT2D eigenvalue weighted by Crippen LogP contribution is -2.53. The molecule has 5 nitrogen and oxygen atoms in total. The molecule has 0 aromatic heterocycles. The van der Waals surface area contributed by atoms with Crippen LogP contribution in [-0.2, 0) is 9.59 Å². The van der Waals surface area contributed by atoms with Gasteiger partial charge in [-0.3, -0.25) is 9.59 Å². The molecule has 0 saturated carbocycles. The summed E-state index contributed by atoms with van der Waals surface area (Å²) in [5.41, 5.74) is 0.554. The summed E-state index contributed by atoms with van der Waals surface area (Å²) in [5, 5.41) is 12.4. The monoisotopic (exact) mass is 268 g/mol. The Morgan fingerprint density at radius 2 is 1.94 bits per heavy atom. The summed E-state index contributed by atoms with van der Waals surface area (Å²) in [6, 6.07) is 6.57. The van der Waals surface area contributed by atoms with Gasteiger partial charge < -0.3 is 15.3 Å². The normalized spacial score (nSPS) is 14.9. The Balaban J connectivity index is 2.20. The van der Waals surface area contributed by atoms with E-state index in [4.69, 9.17) is 16.7 Å². The van der Waals surface area contributed by atoms with E-state index in [9.17, 15) is 9.59 Å². The van der Waals surface area contributed by atoms with Gasteiger partial charge in [-0.1, -0.05) is 11.6 Å². The van der Waals surface area contributed by atoms with E-state index < -0.39 is 5.97 Å². The van der Waals surface area contributed by atoms with Crippen LogP contribution in [0.3, 0.4) is 0 Å². The van der Waals surface area contributed by atoms with E-state index in [-0.39, 0.29) is 18.4 Å². The fraction of sp³-hybridized carbons (Fsp3) is 0.333. The van der Waals surface area contributed by atoms with Crippen LogP contribution < -0.4 is 10.2 Å². The molecule has 1 aliphatic heterocycles. The highest BCUT2D eigenvalue weighted by Gasteiger charge is 2.31. The van der Waals surface area contributed by atoms with Crippen molar-refractivity contribution in [3.63, 3.8) is 0 Å². The van der Waals surface area contributed by atoms with Gasteiger partial charge in [-0.25, -0.2) is 0 Å². The van der Waals surface area contributed by atoms with Crippen LogP contribution in [0.2, 0.25) is 5.02 Å². The Morgan fingerprint density at radius 3 is 2.39 bits per heavy atom. The highest BCUT2D eigenvalue weighted by molar-refractivity contribution is 6.30. The smallest absolute Gasteiger partial charge is 0.323 e. The average molecular weight is 269 g/mol. The van der Waals surface area contributed by atoms with Crippen LogP contribution in [0.25, 0.3) is 0 Å². The molecule has 0 spiro atoms. The van der Waals surface area contributed by atoms with Gasteiger partial charge in [0.25, 0.3) is 0 Å². The van der Waals surface area contributed by atoms with Crippen molar-refractivity contribution in [2.45, 2.75) is 0 Å². The standard InChI is InChI=1S/C12H13ClN2O3/c13-9-1-3-10(4-2-9)15(7-11(16)17)12(18)8-5-14-6-8/h1-4,8,14H,5-7H2,(H,16,17). The first kappa shape index (κ1) is 12.9. The molecule has 1 saturated heterocycles. The molecule has 1 aromatic rings. The maximum atomic E-state index is 12.1. The molecule has 0 atom stereocenters. The number of carboxylic acids is 1. The predicted molar refractivity (Wildman–Crippen MR) is 67.8 cm³/mol. The topological polar surface area (TPSA) is 69.6 Å². The van der Waals surface area contributed by atoms with Gasteiger partial charge in [0.05, 0.1) is 5.92 Å². The second kappa shape index (κ2) is 5.37. The van der Waals surface area contributed by atoms with Crippen molar-refractivity contribution in [3.8, 4) is 0 Å². The van der Waals surface area contributed by atoms with Crippen molar-refractivity contribution in [2.75, 3.05) is 24.5 Å². The second-order valence-corrected chi connectivity index (χ2v) is 4.59. The number of anilines is 1. The first-order valence-electron chi connectivity index (χ1n) is 5.57. The molecule has 0 bridgehead atoms. The van der Waals surface area contributed by atoms with Crippen LogP contribution in [0.1, 0.15) is 0 Å². The van der Waals surface area contributed by atoms with E-state index in [0.717, 1.165) is 0 Å². The molecule has 1 aromatic carbocycles. The number of hydrogen-bond acceptors (Lipinski definition) is 3. The molecule has 0 aliphatic carbocycles. The lowest BCUT2D eigenvalue weighted by Gasteiger charge is -2.31. The Bertz CT molecular complexity index is 457. The Hall–Kier alpha value is -1.59. The number of nitrogens with one attached hydrogen (secondary N) is 1. The van der Waals surface area contributed by atoms with E-state index in [2.05, 4.69) is 5.32 Å². The summed E-state index contributed by atoms with van der Waals surface area (Å²) in [4.78, 5) is 24.3. The molecular formula is C12H13ClN2O3. The van der Waals surface area contributed by atoms with Crippen molar-refractivity contribution in [1.82, 2.24) is 5.32 Å². The third-order valence-electron chi connectivity index (χ3n) is 2.83. The van der Waals surface area contributed by atoms with Crippen LogP contribution in [0.5, 0.6) is 0 Å². The highest BCUT2D eigenvalue weighted by atomic mass is 35.5. The molecule has 1 heterocycles. The minimum absolute atomic E-state index is 0.139. The molecule has 1 fully saturated rings. The van der Waals surface area contributed by atoms with Crippen molar-refractivity contribution in [1.29, 1.82) is 0 Å². The molecule has 96 valence electrons. The minimum Gasteiger partial charge on any atom is -0.480 e. The summed E-state index contributed by atoms with van der Waals surface area (Å²) >= 11 is 5.77. The van der Waals surface area contributed by atoms with E-state index >= 15 is 0 Å². The summed E-state index contributed by atoms with van der Waals surface area (Å²) in [7, 11) is 0. The fourth-order valence-electron chi connectivity index (χ4n) is 1.74. The number of hydrogen-bond donors (Lipinski definition) is 2.